The standard InChI is InChI=1S/C18H24F2N2O3S/c1-3-25-17(24)13-5-4-10-22(11-13)12(2)16(23)21-14-6-8-15(9-7-14)26-18(19)20/h6-9,12-13,18H,3-5,10-11H2,1-2H3,(H,21,23). The molecule has 0 spiro atoms. The third-order valence-corrected chi connectivity index (χ3v) is 5.07. The number of carbonyl (C=O) groups excluding carboxylic acids is 2. The van der Waals surface area contributed by atoms with Crippen molar-refractivity contribution in [2.75, 3.05) is 25.0 Å². The number of hydrogen-bond donors (Lipinski definition) is 1. The Bertz CT molecular complexity index is 613. The van der Waals surface area contributed by atoms with E-state index in [0.29, 0.717) is 35.5 Å². The van der Waals surface area contributed by atoms with Gasteiger partial charge in [-0.05, 0) is 57.5 Å². The van der Waals surface area contributed by atoms with Gasteiger partial charge in [-0.2, -0.15) is 8.78 Å². The highest BCUT2D eigenvalue weighted by atomic mass is 32.2. The Labute approximate surface area is 156 Å². The Balaban J connectivity index is 1.91. The van der Waals surface area contributed by atoms with Crippen molar-refractivity contribution in [2.24, 2.45) is 5.92 Å². The molecule has 1 heterocycles. The Hall–Kier alpha value is -1.67. The summed E-state index contributed by atoms with van der Waals surface area (Å²) in [6.45, 7) is 5.17. The van der Waals surface area contributed by atoms with E-state index in [1.807, 2.05) is 4.90 Å². The summed E-state index contributed by atoms with van der Waals surface area (Å²) in [5.41, 5.74) is 0.555. The zero-order valence-electron chi connectivity index (χ0n) is 14.9. The molecule has 1 N–H and O–H groups in total. The molecular formula is C18H24F2N2O3S. The van der Waals surface area contributed by atoms with E-state index in [-0.39, 0.29) is 17.8 Å². The number of amides is 1. The molecule has 8 heteroatoms. The van der Waals surface area contributed by atoms with Crippen molar-refractivity contribution in [3.8, 4) is 0 Å². The number of halogens is 2. The van der Waals surface area contributed by atoms with Crippen LogP contribution < -0.4 is 5.32 Å². The van der Waals surface area contributed by atoms with Gasteiger partial charge in [-0.25, -0.2) is 0 Å². The van der Waals surface area contributed by atoms with Crippen LogP contribution in [-0.4, -0.2) is 48.3 Å². The number of anilines is 1. The molecule has 144 valence electrons. The Kier molecular flexibility index (Phi) is 7.84. The zero-order chi connectivity index (χ0) is 19.1. The SMILES string of the molecule is CCOC(=O)C1CCCN(C(C)C(=O)Nc2ccc(SC(F)F)cc2)C1. The highest BCUT2D eigenvalue weighted by molar-refractivity contribution is 7.99. The first-order valence-corrected chi connectivity index (χ1v) is 9.55. The van der Waals surface area contributed by atoms with E-state index in [2.05, 4.69) is 5.32 Å². The van der Waals surface area contributed by atoms with Crippen molar-refractivity contribution in [2.45, 2.75) is 43.4 Å². The van der Waals surface area contributed by atoms with Crippen LogP contribution in [0.15, 0.2) is 29.2 Å². The molecule has 2 atom stereocenters. The second kappa shape index (κ2) is 9.87. The number of nitrogens with zero attached hydrogens (tertiary/aromatic N) is 1. The summed E-state index contributed by atoms with van der Waals surface area (Å²) in [4.78, 5) is 26.8. The van der Waals surface area contributed by atoms with Crippen molar-refractivity contribution >= 4 is 29.3 Å². The molecular weight excluding hydrogens is 362 g/mol. The van der Waals surface area contributed by atoms with Gasteiger partial charge in [0, 0.05) is 17.1 Å². The van der Waals surface area contributed by atoms with E-state index < -0.39 is 11.8 Å². The van der Waals surface area contributed by atoms with Crippen LogP contribution in [0, 0.1) is 5.92 Å². The summed E-state index contributed by atoms with van der Waals surface area (Å²) in [6, 6.07) is 5.91. The van der Waals surface area contributed by atoms with E-state index in [9.17, 15) is 18.4 Å². The quantitative estimate of drug-likeness (QED) is 0.573. The van der Waals surface area contributed by atoms with Crippen LogP contribution >= 0.6 is 11.8 Å². The summed E-state index contributed by atoms with van der Waals surface area (Å²) in [5, 5.41) is 2.80. The molecule has 0 bridgehead atoms. The summed E-state index contributed by atoms with van der Waals surface area (Å²) < 4.78 is 29.8. The van der Waals surface area contributed by atoms with Crippen LogP contribution in [0.25, 0.3) is 0 Å². The average molecular weight is 386 g/mol. The van der Waals surface area contributed by atoms with Crippen LogP contribution in [0.3, 0.4) is 0 Å². The lowest BCUT2D eigenvalue weighted by atomic mass is 9.97. The molecule has 1 aliphatic rings. The lowest BCUT2D eigenvalue weighted by Gasteiger charge is -2.35. The molecule has 26 heavy (non-hydrogen) atoms. The third kappa shape index (κ3) is 5.95. The maximum Gasteiger partial charge on any atom is 0.310 e. The Morgan fingerprint density at radius 1 is 1.35 bits per heavy atom. The topological polar surface area (TPSA) is 58.6 Å². The molecule has 1 aliphatic heterocycles. The van der Waals surface area contributed by atoms with Crippen LogP contribution in [0.5, 0.6) is 0 Å². The van der Waals surface area contributed by atoms with Crippen molar-refractivity contribution in [3.05, 3.63) is 24.3 Å². The number of carbonyl (C=O) groups is 2. The number of benzene rings is 1. The molecule has 0 aromatic heterocycles. The molecule has 1 saturated heterocycles. The number of likely N-dealkylation sites (tertiary alicyclic amines) is 1. The van der Waals surface area contributed by atoms with E-state index in [1.165, 1.54) is 0 Å². The zero-order valence-corrected chi connectivity index (χ0v) is 15.7. The van der Waals surface area contributed by atoms with Gasteiger partial charge in [0.15, 0.2) is 0 Å². The predicted octanol–water partition coefficient (Wildman–Crippen LogP) is 3.60. The van der Waals surface area contributed by atoms with Crippen molar-refractivity contribution in [1.82, 2.24) is 4.90 Å². The first-order chi connectivity index (χ1) is 12.4. The number of piperidine rings is 1. The third-order valence-electron chi connectivity index (χ3n) is 4.35. The van der Waals surface area contributed by atoms with Crippen LogP contribution in [0.4, 0.5) is 14.5 Å². The number of esters is 1. The minimum absolute atomic E-state index is 0.191. The smallest absolute Gasteiger partial charge is 0.310 e. The van der Waals surface area contributed by atoms with Gasteiger partial charge in [0.05, 0.1) is 18.6 Å². The highest BCUT2D eigenvalue weighted by Gasteiger charge is 2.31. The minimum atomic E-state index is -2.47. The van der Waals surface area contributed by atoms with Crippen LogP contribution in [0.1, 0.15) is 26.7 Å². The number of thioether (sulfide) groups is 1. The molecule has 2 unspecified atom stereocenters. The van der Waals surface area contributed by atoms with Crippen LogP contribution in [-0.2, 0) is 14.3 Å². The maximum absolute atomic E-state index is 12.5. The van der Waals surface area contributed by atoms with Gasteiger partial charge in [0.2, 0.25) is 5.91 Å². The van der Waals surface area contributed by atoms with E-state index in [4.69, 9.17) is 4.74 Å². The summed E-state index contributed by atoms with van der Waals surface area (Å²) >= 11 is 0.464. The second-order valence-corrected chi connectivity index (χ2v) is 7.22. The summed E-state index contributed by atoms with van der Waals surface area (Å²) in [7, 11) is 0. The van der Waals surface area contributed by atoms with Gasteiger partial charge in [-0.3, -0.25) is 14.5 Å². The fraction of sp³-hybridized carbons (Fsp3) is 0.556. The van der Waals surface area contributed by atoms with Gasteiger partial charge in [0.1, 0.15) is 0 Å². The van der Waals surface area contributed by atoms with Gasteiger partial charge in [0.25, 0.3) is 5.76 Å². The van der Waals surface area contributed by atoms with Crippen molar-refractivity contribution < 1.29 is 23.1 Å². The van der Waals surface area contributed by atoms with Gasteiger partial charge in [-0.1, -0.05) is 11.8 Å². The number of rotatable bonds is 7. The molecule has 0 saturated carbocycles. The number of ether oxygens (including phenoxy) is 1. The second-order valence-electron chi connectivity index (χ2n) is 6.15. The van der Waals surface area contributed by atoms with Crippen molar-refractivity contribution in [3.63, 3.8) is 0 Å². The first-order valence-electron chi connectivity index (χ1n) is 8.67. The van der Waals surface area contributed by atoms with Crippen molar-refractivity contribution in [1.29, 1.82) is 0 Å². The molecule has 1 fully saturated rings. The lowest BCUT2D eigenvalue weighted by molar-refractivity contribution is -0.150. The number of hydrogen-bond acceptors (Lipinski definition) is 5. The molecule has 1 aromatic rings. The van der Waals surface area contributed by atoms with E-state index >= 15 is 0 Å². The summed E-state index contributed by atoms with van der Waals surface area (Å²) in [6.07, 6.45) is 1.60. The average Bonchev–Trinajstić information content (AvgIpc) is 2.62. The number of nitrogens with one attached hydrogen (secondary N) is 1. The van der Waals surface area contributed by atoms with E-state index in [1.54, 1.807) is 38.1 Å². The highest BCUT2D eigenvalue weighted by Crippen LogP contribution is 2.26. The predicted molar refractivity (Wildman–Crippen MR) is 97.3 cm³/mol. The summed E-state index contributed by atoms with van der Waals surface area (Å²) in [5.74, 6) is -3.08. The molecule has 0 aliphatic carbocycles. The Morgan fingerprint density at radius 2 is 2.04 bits per heavy atom. The normalized spacial score (nSPS) is 19.2. The van der Waals surface area contributed by atoms with Gasteiger partial charge < -0.3 is 10.1 Å². The lowest BCUT2D eigenvalue weighted by Crippen LogP contribution is -2.48. The fourth-order valence-electron chi connectivity index (χ4n) is 2.94. The maximum atomic E-state index is 12.5. The molecule has 0 radical (unpaired) electrons. The minimum Gasteiger partial charge on any atom is -0.466 e. The monoisotopic (exact) mass is 386 g/mol. The first kappa shape index (κ1) is 20.6. The van der Waals surface area contributed by atoms with Crippen LogP contribution in [0.2, 0.25) is 0 Å². The van der Waals surface area contributed by atoms with E-state index in [0.717, 1.165) is 19.4 Å². The molecule has 2 rings (SSSR count). The largest absolute Gasteiger partial charge is 0.466 e. The Morgan fingerprint density at radius 3 is 2.65 bits per heavy atom. The molecule has 5 nitrogen and oxygen atoms in total. The van der Waals surface area contributed by atoms with Gasteiger partial charge in [-0.15, -0.1) is 0 Å². The van der Waals surface area contributed by atoms with Gasteiger partial charge >= 0.3 is 5.97 Å². The fourth-order valence-corrected chi connectivity index (χ4v) is 3.44. The number of alkyl halides is 2. The molecule has 1 aromatic carbocycles. The molecule has 1 amide bonds.